The van der Waals surface area contributed by atoms with Crippen molar-refractivity contribution in [2.75, 3.05) is 18.4 Å². The predicted molar refractivity (Wildman–Crippen MR) is 81.9 cm³/mol. The molecule has 2 heterocycles. The van der Waals surface area contributed by atoms with E-state index in [4.69, 9.17) is 5.11 Å². The van der Waals surface area contributed by atoms with Gasteiger partial charge in [0.2, 0.25) is 11.8 Å². The van der Waals surface area contributed by atoms with Crippen molar-refractivity contribution < 1.29 is 19.5 Å². The van der Waals surface area contributed by atoms with Gasteiger partial charge in [-0.2, -0.15) is 0 Å². The topological polar surface area (TPSA) is 112 Å². The molecule has 2 fully saturated rings. The second-order valence-corrected chi connectivity index (χ2v) is 6.35. The van der Waals surface area contributed by atoms with E-state index in [9.17, 15) is 14.4 Å². The van der Waals surface area contributed by atoms with Crippen LogP contribution < -0.4 is 5.32 Å². The van der Waals surface area contributed by atoms with Crippen molar-refractivity contribution in [3.05, 3.63) is 30.2 Å². The van der Waals surface area contributed by atoms with E-state index < -0.39 is 5.97 Å². The van der Waals surface area contributed by atoms with Gasteiger partial charge in [-0.3, -0.25) is 14.5 Å². The third kappa shape index (κ3) is 2.17. The molecule has 3 aliphatic rings. The third-order valence-electron chi connectivity index (χ3n) is 5.07. The first kappa shape index (κ1) is 14.8. The number of rotatable bonds is 5. The zero-order chi connectivity index (χ0) is 16.8. The van der Waals surface area contributed by atoms with Crippen LogP contribution in [0.25, 0.3) is 0 Å². The average Bonchev–Trinajstić information content (AvgIpc) is 3.24. The number of aromatic nitrogens is 2. The molecule has 1 aromatic rings. The lowest BCUT2D eigenvalue weighted by Gasteiger charge is -2.17. The Balaban J connectivity index is 1.36. The van der Waals surface area contributed by atoms with Gasteiger partial charge >= 0.3 is 5.97 Å². The summed E-state index contributed by atoms with van der Waals surface area (Å²) in [6, 6.07) is 0. The number of carboxylic acid groups (broad SMARTS) is 1. The van der Waals surface area contributed by atoms with E-state index in [1.54, 1.807) is 0 Å². The van der Waals surface area contributed by atoms with E-state index in [1.807, 2.05) is 0 Å². The summed E-state index contributed by atoms with van der Waals surface area (Å²) in [5, 5.41) is 11.7. The molecule has 1 aliphatic heterocycles. The lowest BCUT2D eigenvalue weighted by Crippen LogP contribution is -2.36. The molecule has 2 N–H and O–H groups in total. The van der Waals surface area contributed by atoms with E-state index in [1.165, 1.54) is 11.1 Å². The summed E-state index contributed by atoms with van der Waals surface area (Å²) in [6.45, 7) is 0.618. The highest BCUT2D eigenvalue weighted by molar-refractivity contribution is 6.06. The summed E-state index contributed by atoms with van der Waals surface area (Å²) in [5.74, 6) is -0.818. The lowest BCUT2D eigenvalue weighted by atomic mass is 9.85. The Hall–Kier alpha value is -2.77. The molecule has 4 atom stereocenters. The average molecular weight is 328 g/mol. The van der Waals surface area contributed by atoms with Crippen molar-refractivity contribution in [3.63, 3.8) is 0 Å². The van der Waals surface area contributed by atoms with E-state index in [0.717, 1.165) is 12.6 Å². The number of nitrogens with zero attached hydrogens (tertiary/aromatic N) is 3. The Bertz CT molecular complexity index is 715. The van der Waals surface area contributed by atoms with E-state index in [2.05, 4.69) is 27.4 Å². The Morgan fingerprint density at radius 1 is 1.17 bits per heavy atom. The first-order valence-corrected chi connectivity index (χ1v) is 7.89. The second kappa shape index (κ2) is 5.40. The minimum absolute atomic E-state index is 0.0732. The minimum Gasteiger partial charge on any atom is -0.476 e. The zero-order valence-electron chi connectivity index (χ0n) is 12.8. The molecule has 1 saturated heterocycles. The van der Waals surface area contributed by atoms with Crippen LogP contribution in [0.15, 0.2) is 24.5 Å². The minimum atomic E-state index is -1.14. The number of carbonyl (C=O) groups excluding carboxylic acids is 2. The molecule has 4 rings (SSSR count). The third-order valence-corrected chi connectivity index (χ3v) is 5.07. The number of imide groups is 1. The molecule has 1 aromatic heterocycles. The molecule has 0 radical (unpaired) electrons. The first-order valence-electron chi connectivity index (χ1n) is 7.89. The van der Waals surface area contributed by atoms with Crippen molar-refractivity contribution in [3.8, 4) is 0 Å². The number of hydrogen-bond acceptors (Lipinski definition) is 6. The normalized spacial score (nSPS) is 30.1. The van der Waals surface area contributed by atoms with Crippen molar-refractivity contribution in [1.29, 1.82) is 0 Å². The molecule has 124 valence electrons. The van der Waals surface area contributed by atoms with Gasteiger partial charge in [0.25, 0.3) is 0 Å². The summed E-state index contributed by atoms with van der Waals surface area (Å²) in [4.78, 5) is 44.7. The lowest BCUT2D eigenvalue weighted by molar-refractivity contribution is -0.140. The molecule has 2 bridgehead atoms. The largest absolute Gasteiger partial charge is 0.476 e. The highest BCUT2D eigenvalue weighted by Crippen LogP contribution is 2.52. The van der Waals surface area contributed by atoms with Crippen molar-refractivity contribution in [1.82, 2.24) is 14.9 Å². The summed E-state index contributed by atoms with van der Waals surface area (Å²) in [6.07, 6.45) is 7.53. The van der Waals surface area contributed by atoms with Gasteiger partial charge in [0.1, 0.15) is 5.82 Å². The van der Waals surface area contributed by atoms with Gasteiger partial charge in [-0.1, -0.05) is 12.2 Å². The van der Waals surface area contributed by atoms with E-state index in [-0.39, 0.29) is 47.7 Å². The van der Waals surface area contributed by atoms with Crippen LogP contribution in [-0.4, -0.2) is 50.8 Å². The molecule has 24 heavy (non-hydrogen) atoms. The molecule has 2 aliphatic carbocycles. The van der Waals surface area contributed by atoms with Crippen LogP contribution in [-0.2, 0) is 9.59 Å². The quantitative estimate of drug-likeness (QED) is 0.594. The fourth-order valence-electron chi connectivity index (χ4n) is 4.01. The molecule has 1 saturated carbocycles. The van der Waals surface area contributed by atoms with Crippen molar-refractivity contribution >= 4 is 23.6 Å². The molecule has 2 amide bonds. The van der Waals surface area contributed by atoms with Crippen LogP contribution in [0.1, 0.15) is 16.9 Å². The summed E-state index contributed by atoms with van der Waals surface area (Å²) in [7, 11) is 0. The summed E-state index contributed by atoms with van der Waals surface area (Å²) < 4.78 is 0. The summed E-state index contributed by atoms with van der Waals surface area (Å²) >= 11 is 0. The maximum absolute atomic E-state index is 12.5. The Labute approximate surface area is 137 Å². The fraction of sp³-hybridized carbons (Fsp3) is 0.438. The zero-order valence-corrected chi connectivity index (χ0v) is 12.8. The maximum Gasteiger partial charge on any atom is 0.356 e. The molecular weight excluding hydrogens is 312 g/mol. The Morgan fingerprint density at radius 2 is 1.83 bits per heavy atom. The number of nitrogens with one attached hydrogen (secondary N) is 1. The van der Waals surface area contributed by atoms with E-state index in [0.29, 0.717) is 12.4 Å². The number of allylic oxidation sites excluding steroid dienone is 2. The first-order chi connectivity index (χ1) is 11.6. The van der Waals surface area contributed by atoms with Crippen LogP contribution in [0, 0.1) is 23.7 Å². The number of carboxylic acids is 1. The van der Waals surface area contributed by atoms with Crippen molar-refractivity contribution in [2.45, 2.75) is 6.42 Å². The van der Waals surface area contributed by atoms with Gasteiger partial charge in [0.15, 0.2) is 5.69 Å². The van der Waals surface area contributed by atoms with Gasteiger partial charge < -0.3 is 10.4 Å². The smallest absolute Gasteiger partial charge is 0.356 e. The number of likely N-dealkylation sites (tertiary alicyclic amines) is 1. The van der Waals surface area contributed by atoms with Gasteiger partial charge in [-0.15, -0.1) is 0 Å². The number of carbonyl (C=O) groups is 3. The van der Waals surface area contributed by atoms with Crippen LogP contribution in [0.5, 0.6) is 0 Å². The maximum atomic E-state index is 12.5. The predicted octanol–water partition coefficient (Wildman–Crippen LogP) is 0.394. The number of anilines is 1. The van der Waals surface area contributed by atoms with Gasteiger partial charge in [-0.05, 0) is 18.3 Å². The molecule has 0 aromatic carbocycles. The number of aromatic carboxylic acids is 1. The van der Waals surface area contributed by atoms with Gasteiger partial charge in [-0.25, -0.2) is 14.8 Å². The molecule has 8 nitrogen and oxygen atoms in total. The molecule has 4 unspecified atom stereocenters. The standard InChI is InChI=1S/C16H16N4O4/c21-14-12-8-1-2-9(5-8)13(12)15(22)20(14)4-3-17-11-7-18-10(6-19-11)16(23)24/h1-2,6-9,12-13H,3-5H2,(H,17,19)(H,23,24). The molecular formula is C16H16N4O4. The second-order valence-electron chi connectivity index (χ2n) is 6.35. The van der Waals surface area contributed by atoms with Gasteiger partial charge in [0, 0.05) is 13.1 Å². The SMILES string of the molecule is O=C(O)c1cnc(NCCN2C(=O)C3C4C=CC(C4)C3C2=O)cn1. The fourth-order valence-corrected chi connectivity index (χ4v) is 4.01. The van der Waals surface area contributed by atoms with Crippen molar-refractivity contribution in [2.24, 2.45) is 23.7 Å². The van der Waals surface area contributed by atoms with Gasteiger partial charge in [0.05, 0.1) is 24.2 Å². The number of amides is 2. The summed E-state index contributed by atoms with van der Waals surface area (Å²) in [5.41, 5.74) is -0.138. The van der Waals surface area contributed by atoms with Crippen LogP contribution in [0.2, 0.25) is 0 Å². The van der Waals surface area contributed by atoms with Crippen LogP contribution in [0.4, 0.5) is 5.82 Å². The van der Waals surface area contributed by atoms with Crippen LogP contribution >= 0.6 is 0 Å². The van der Waals surface area contributed by atoms with Crippen LogP contribution in [0.3, 0.4) is 0 Å². The highest BCUT2D eigenvalue weighted by Gasteiger charge is 2.58. The Kier molecular flexibility index (Phi) is 3.33. The Morgan fingerprint density at radius 3 is 2.38 bits per heavy atom. The number of fused-ring (bicyclic) bond motifs is 5. The molecule has 8 heteroatoms. The van der Waals surface area contributed by atoms with E-state index >= 15 is 0 Å². The highest BCUT2D eigenvalue weighted by atomic mass is 16.4. The molecule has 0 spiro atoms. The monoisotopic (exact) mass is 328 g/mol. The number of hydrogen-bond donors (Lipinski definition) is 2.